The first-order valence-corrected chi connectivity index (χ1v) is 9.83. The second-order valence-corrected chi connectivity index (χ2v) is 7.51. The quantitative estimate of drug-likeness (QED) is 0.848. The van der Waals surface area contributed by atoms with Gasteiger partial charge in [0.25, 0.3) is 0 Å². The van der Waals surface area contributed by atoms with Crippen LogP contribution in [0.15, 0.2) is 36.5 Å². The van der Waals surface area contributed by atoms with Crippen molar-refractivity contribution >= 4 is 22.7 Å². The first-order valence-electron chi connectivity index (χ1n) is 9.83. The van der Waals surface area contributed by atoms with E-state index in [1.165, 1.54) is 10.9 Å². The van der Waals surface area contributed by atoms with E-state index < -0.39 is 0 Å². The maximum atomic E-state index is 12.6. The van der Waals surface area contributed by atoms with Gasteiger partial charge in [-0.25, -0.2) is 0 Å². The van der Waals surface area contributed by atoms with Gasteiger partial charge in [-0.15, -0.1) is 0 Å². The van der Waals surface area contributed by atoms with Crippen molar-refractivity contribution in [2.75, 3.05) is 26.2 Å². The number of piperidine rings is 1. The maximum Gasteiger partial charge on any atom is 0.225 e. The molecule has 2 fully saturated rings. The van der Waals surface area contributed by atoms with E-state index in [-0.39, 0.29) is 11.8 Å². The number of carbonyl (C=O) groups is 2. The minimum absolute atomic E-state index is 0.116. The van der Waals surface area contributed by atoms with Crippen LogP contribution in [0, 0.1) is 5.92 Å². The summed E-state index contributed by atoms with van der Waals surface area (Å²) in [5.41, 5.74) is 1.18. The number of benzene rings is 1. The van der Waals surface area contributed by atoms with E-state index >= 15 is 0 Å². The molecule has 0 spiro atoms. The number of para-hydroxylation sites is 1. The van der Waals surface area contributed by atoms with E-state index in [0.29, 0.717) is 18.9 Å². The molecule has 2 amide bonds. The van der Waals surface area contributed by atoms with Gasteiger partial charge in [0.2, 0.25) is 11.8 Å². The molecular weight excluding hydrogens is 326 g/mol. The largest absolute Gasteiger partial charge is 0.347 e. The van der Waals surface area contributed by atoms with Gasteiger partial charge in [-0.3, -0.25) is 9.59 Å². The first-order chi connectivity index (χ1) is 12.7. The van der Waals surface area contributed by atoms with E-state index in [1.807, 2.05) is 21.9 Å². The van der Waals surface area contributed by atoms with Crippen molar-refractivity contribution in [1.29, 1.82) is 0 Å². The molecule has 2 aromatic rings. The molecule has 0 radical (unpaired) electrons. The van der Waals surface area contributed by atoms with E-state index in [0.717, 1.165) is 51.9 Å². The maximum absolute atomic E-state index is 12.6. The summed E-state index contributed by atoms with van der Waals surface area (Å²) in [6.45, 7) is 3.98. The number of nitrogens with zero attached hydrogens (tertiary/aromatic N) is 3. The molecular formula is C21H27N3O2. The highest BCUT2D eigenvalue weighted by molar-refractivity contribution is 5.81. The number of hydrogen-bond donors (Lipinski definition) is 0. The summed E-state index contributed by atoms with van der Waals surface area (Å²) in [4.78, 5) is 29.0. The van der Waals surface area contributed by atoms with Crippen molar-refractivity contribution in [3.63, 3.8) is 0 Å². The third-order valence-electron chi connectivity index (χ3n) is 5.86. The minimum atomic E-state index is 0.116. The Morgan fingerprint density at radius 3 is 2.42 bits per heavy atom. The number of fused-ring (bicyclic) bond motifs is 1. The Morgan fingerprint density at radius 1 is 0.923 bits per heavy atom. The number of likely N-dealkylation sites (tertiary alicyclic amines) is 2. The van der Waals surface area contributed by atoms with Crippen molar-refractivity contribution < 1.29 is 9.59 Å². The van der Waals surface area contributed by atoms with Crippen LogP contribution in [0.4, 0.5) is 0 Å². The average Bonchev–Trinajstić information content (AvgIpc) is 3.36. The number of hydrogen-bond acceptors (Lipinski definition) is 2. The lowest BCUT2D eigenvalue weighted by atomic mass is 9.95. The lowest BCUT2D eigenvalue weighted by molar-refractivity contribution is -0.140. The Hall–Kier alpha value is -2.30. The van der Waals surface area contributed by atoms with Crippen LogP contribution in [0.5, 0.6) is 0 Å². The van der Waals surface area contributed by atoms with Crippen molar-refractivity contribution in [2.45, 2.75) is 38.6 Å². The monoisotopic (exact) mass is 353 g/mol. The average molecular weight is 353 g/mol. The van der Waals surface area contributed by atoms with Crippen LogP contribution in [0.2, 0.25) is 0 Å². The summed E-state index contributed by atoms with van der Waals surface area (Å²) in [5, 5.41) is 1.21. The van der Waals surface area contributed by atoms with Crippen LogP contribution in [-0.2, 0) is 16.1 Å². The molecule has 2 aliphatic rings. The van der Waals surface area contributed by atoms with Gasteiger partial charge < -0.3 is 14.4 Å². The molecule has 5 nitrogen and oxygen atoms in total. The Kier molecular flexibility index (Phi) is 4.96. The molecule has 2 aliphatic heterocycles. The summed E-state index contributed by atoms with van der Waals surface area (Å²) in [7, 11) is 0. The molecule has 0 N–H and O–H groups in total. The highest BCUT2D eigenvalue weighted by Gasteiger charge is 2.31. The van der Waals surface area contributed by atoms with Gasteiger partial charge in [0.1, 0.15) is 0 Å². The molecule has 1 aromatic heterocycles. The summed E-state index contributed by atoms with van der Waals surface area (Å²) in [6.07, 6.45) is 6.47. The first kappa shape index (κ1) is 17.1. The zero-order valence-electron chi connectivity index (χ0n) is 15.3. The van der Waals surface area contributed by atoms with Crippen LogP contribution in [0.1, 0.15) is 32.1 Å². The fourth-order valence-corrected chi connectivity index (χ4v) is 4.28. The number of amides is 2. The standard InChI is InChI=1S/C21H27N3O2/c25-20(10-16-22-13-7-17-5-1-2-6-19(17)22)23-14-8-18(9-15-23)21(26)24-11-3-4-12-24/h1-2,5-7,13,18H,3-4,8-12,14-16H2. The lowest BCUT2D eigenvalue weighted by Gasteiger charge is -2.33. The van der Waals surface area contributed by atoms with E-state index in [1.54, 1.807) is 0 Å². The fraction of sp³-hybridized carbons (Fsp3) is 0.524. The Balaban J connectivity index is 1.27. The van der Waals surface area contributed by atoms with Crippen LogP contribution >= 0.6 is 0 Å². The fourth-order valence-electron chi connectivity index (χ4n) is 4.28. The summed E-state index contributed by atoms with van der Waals surface area (Å²) in [5.74, 6) is 0.633. The smallest absolute Gasteiger partial charge is 0.225 e. The molecule has 0 bridgehead atoms. The molecule has 5 heteroatoms. The number of aryl methyl sites for hydroxylation is 1. The highest BCUT2D eigenvalue weighted by Crippen LogP contribution is 2.23. The normalized spacial score (nSPS) is 18.6. The Bertz CT molecular complexity index is 783. The number of rotatable bonds is 4. The molecule has 0 unspecified atom stereocenters. The van der Waals surface area contributed by atoms with Gasteiger partial charge >= 0.3 is 0 Å². The number of aromatic nitrogens is 1. The second kappa shape index (κ2) is 7.52. The molecule has 138 valence electrons. The molecule has 4 rings (SSSR count). The van der Waals surface area contributed by atoms with Gasteiger partial charge in [0.05, 0.1) is 0 Å². The topological polar surface area (TPSA) is 45.6 Å². The summed E-state index contributed by atoms with van der Waals surface area (Å²) in [6, 6.07) is 10.3. The molecule has 2 saturated heterocycles. The van der Waals surface area contributed by atoms with Crippen molar-refractivity contribution in [1.82, 2.24) is 14.4 Å². The Labute approximate surface area is 154 Å². The van der Waals surface area contributed by atoms with Crippen LogP contribution in [0.25, 0.3) is 10.9 Å². The predicted molar refractivity (Wildman–Crippen MR) is 102 cm³/mol. The zero-order chi connectivity index (χ0) is 17.9. The van der Waals surface area contributed by atoms with Crippen LogP contribution in [0.3, 0.4) is 0 Å². The van der Waals surface area contributed by atoms with Crippen molar-refractivity contribution in [3.8, 4) is 0 Å². The molecule has 0 saturated carbocycles. The minimum Gasteiger partial charge on any atom is -0.347 e. The SMILES string of the molecule is O=C(CCn1ccc2ccccc21)N1CCC(C(=O)N2CCCC2)CC1. The second-order valence-electron chi connectivity index (χ2n) is 7.51. The molecule has 1 aromatic carbocycles. The van der Waals surface area contributed by atoms with E-state index in [4.69, 9.17) is 0 Å². The summed E-state index contributed by atoms with van der Waals surface area (Å²) >= 11 is 0. The third kappa shape index (κ3) is 3.48. The van der Waals surface area contributed by atoms with Crippen LogP contribution < -0.4 is 0 Å². The predicted octanol–water partition coefficient (Wildman–Crippen LogP) is 2.89. The third-order valence-corrected chi connectivity index (χ3v) is 5.86. The lowest BCUT2D eigenvalue weighted by Crippen LogP contribution is -2.43. The zero-order valence-corrected chi connectivity index (χ0v) is 15.3. The molecule has 0 atom stereocenters. The van der Waals surface area contributed by atoms with Crippen molar-refractivity contribution in [2.24, 2.45) is 5.92 Å². The van der Waals surface area contributed by atoms with Gasteiger partial charge in [-0.2, -0.15) is 0 Å². The molecule has 26 heavy (non-hydrogen) atoms. The molecule has 3 heterocycles. The highest BCUT2D eigenvalue weighted by atomic mass is 16.2. The Morgan fingerprint density at radius 2 is 1.65 bits per heavy atom. The van der Waals surface area contributed by atoms with Gasteiger partial charge in [-0.05, 0) is 43.2 Å². The summed E-state index contributed by atoms with van der Waals surface area (Å²) < 4.78 is 2.15. The number of carbonyl (C=O) groups excluding carboxylic acids is 2. The molecule has 0 aliphatic carbocycles. The van der Waals surface area contributed by atoms with Gasteiger partial charge in [0.15, 0.2) is 0 Å². The van der Waals surface area contributed by atoms with Crippen LogP contribution in [-0.4, -0.2) is 52.4 Å². The van der Waals surface area contributed by atoms with Gasteiger partial charge in [-0.1, -0.05) is 18.2 Å². The van der Waals surface area contributed by atoms with Gasteiger partial charge in [0, 0.05) is 56.8 Å². The van der Waals surface area contributed by atoms with E-state index in [2.05, 4.69) is 29.0 Å². The van der Waals surface area contributed by atoms with E-state index in [9.17, 15) is 9.59 Å². The van der Waals surface area contributed by atoms with Crippen molar-refractivity contribution in [3.05, 3.63) is 36.5 Å².